The maximum absolute atomic E-state index is 6.16. The van der Waals surface area contributed by atoms with Crippen molar-refractivity contribution in [3.05, 3.63) is 63.7 Å². The zero-order valence-electron chi connectivity index (χ0n) is 9.99. The van der Waals surface area contributed by atoms with E-state index in [2.05, 4.69) is 20.9 Å². The van der Waals surface area contributed by atoms with E-state index in [1.807, 2.05) is 48.7 Å². The molecule has 3 rings (SSSR count). The lowest BCUT2D eigenvalue weighted by Gasteiger charge is -2.08. The minimum Gasteiger partial charge on any atom is -0.489 e. The smallest absolute Gasteiger partial charge is 0.120 e. The topological polar surface area (TPSA) is 25.0 Å². The van der Waals surface area contributed by atoms with Gasteiger partial charge >= 0.3 is 0 Å². The van der Waals surface area contributed by atoms with Crippen LogP contribution in [0.2, 0.25) is 5.02 Å². The number of benzene rings is 2. The van der Waals surface area contributed by atoms with Crippen LogP contribution in [0.25, 0.3) is 10.9 Å². The average molecular weight is 337 g/mol. The van der Waals surface area contributed by atoms with Crippen LogP contribution in [0.15, 0.2) is 53.1 Å². The molecule has 4 heteroatoms. The number of fused-ring (bicyclic) bond motifs is 1. The second-order valence-electron chi connectivity index (χ2n) is 4.25. The van der Waals surface area contributed by atoms with Crippen LogP contribution in [0.4, 0.5) is 0 Å². The molecule has 0 aliphatic heterocycles. The second kappa shape index (κ2) is 5.27. The summed E-state index contributed by atoms with van der Waals surface area (Å²) in [6, 6.07) is 13.8. The van der Waals surface area contributed by atoms with E-state index >= 15 is 0 Å². The Morgan fingerprint density at radius 3 is 2.84 bits per heavy atom. The molecule has 0 aliphatic rings. The van der Waals surface area contributed by atoms with Gasteiger partial charge in [0.15, 0.2) is 0 Å². The molecule has 1 heterocycles. The summed E-state index contributed by atoms with van der Waals surface area (Å²) in [5, 5.41) is 1.84. The molecule has 19 heavy (non-hydrogen) atoms. The molecular weight excluding hydrogens is 326 g/mol. The van der Waals surface area contributed by atoms with Crippen LogP contribution in [-0.2, 0) is 6.61 Å². The summed E-state index contributed by atoms with van der Waals surface area (Å²) >= 11 is 9.54. The van der Waals surface area contributed by atoms with Gasteiger partial charge in [0.25, 0.3) is 0 Å². The summed E-state index contributed by atoms with van der Waals surface area (Å²) in [5.41, 5.74) is 2.08. The first-order valence-electron chi connectivity index (χ1n) is 5.86. The highest BCUT2D eigenvalue weighted by Gasteiger charge is 2.03. The maximum atomic E-state index is 6.16. The first-order chi connectivity index (χ1) is 9.22. The Kier molecular flexibility index (Phi) is 3.49. The molecule has 0 saturated heterocycles. The lowest BCUT2D eigenvalue weighted by Crippen LogP contribution is -1.96. The SMILES string of the molecule is Clc1cc(Br)ccc1COc1ccc2[nH]ccc2c1. The molecule has 0 fully saturated rings. The van der Waals surface area contributed by atoms with E-state index < -0.39 is 0 Å². The summed E-state index contributed by atoms with van der Waals surface area (Å²) in [5.74, 6) is 0.839. The van der Waals surface area contributed by atoms with Crippen molar-refractivity contribution in [1.29, 1.82) is 0 Å². The maximum Gasteiger partial charge on any atom is 0.120 e. The second-order valence-corrected chi connectivity index (χ2v) is 5.57. The van der Waals surface area contributed by atoms with Crippen LogP contribution >= 0.6 is 27.5 Å². The first-order valence-corrected chi connectivity index (χ1v) is 7.03. The monoisotopic (exact) mass is 335 g/mol. The average Bonchev–Trinajstić information content (AvgIpc) is 2.85. The molecule has 0 amide bonds. The number of H-pyrrole nitrogens is 1. The molecule has 0 atom stereocenters. The molecule has 0 bridgehead atoms. The Morgan fingerprint density at radius 1 is 1.11 bits per heavy atom. The number of rotatable bonds is 3. The number of halogens is 2. The predicted octanol–water partition coefficient (Wildman–Crippen LogP) is 5.16. The van der Waals surface area contributed by atoms with Gasteiger partial charge in [0.1, 0.15) is 12.4 Å². The molecule has 0 aliphatic carbocycles. The normalized spacial score (nSPS) is 10.8. The van der Waals surface area contributed by atoms with E-state index in [1.165, 1.54) is 0 Å². The molecular formula is C15H11BrClNO. The van der Waals surface area contributed by atoms with E-state index in [0.29, 0.717) is 11.6 Å². The summed E-state index contributed by atoms with van der Waals surface area (Å²) in [6.45, 7) is 0.460. The van der Waals surface area contributed by atoms with Crippen LogP contribution in [0.5, 0.6) is 5.75 Å². The molecule has 0 unspecified atom stereocenters. The highest BCUT2D eigenvalue weighted by atomic mass is 79.9. The van der Waals surface area contributed by atoms with E-state index in [9.17, 15) is 0 Å². The van der Waals surface area contributed by atoms with Crippen molar-refractivity contribution < 1.29 is 4.74 Å². The highest BCUT2D eigenvalue weighted by molar-refractivity contribution is 9.10. The molecule has 0 spiro atoms. The van der Waals surface area contributed by atoms with Gasteiger partial charge < -0.3 is 9.72 Å². The van der Waals surface area contributed by atoms with Gasteiger partial charge in [-0.3, -0.25) is 0 Å². The fourth-order valence-electron chi connectivity index (χ4n) is 1.92. The zero-order valence-corrected chi connectivity index (χ0v) is 12.3. The van der Waals surface area contributed by atoms with Crippen LogP contribution < -0.4 is 4.74 Å². The Labute approximate surface area is 124 Å². The third-order valence-corrected chi connectivity index (χ3v) is 3.78. The van der Waals surface area contributed by atoms with Gasteiger partial charge in [-0.15, -0.1) is 0 Å². The van der Waals surface area contributed by atoms with Gasteiger partial charge in [-0.25, -0.2) is 0 Å². The number of aromatic amines is 1. The number of nitrogens with one attached hydrogen (secondary N) is 1. The number of hydrogen-bond acceptors (Lipinski definition) is 1. The molecule has 2 aromatic carbocycles. The summed E-state index contributed by atoms with van der Waals surface area (Å²) in [6.07, 6.45) is 1.92. The third-order valence-electron chi connectivity index (χ3n) is 2.93. The van der Waals surface area contributed by atoms with Gasteiger partial charge in [-0.1, -0.05) is 33.6 Å². The van der Waals surface area contributed by atoms with Crippen molar-refractivity contribution in [2.75, 3.05) is 0 Å². The van der Waals surface area contributed by atoms with Gasteiger partial charge in [-0.2, -0.15) is 0 Å². The van der Waals surface area contributed by atoms with Gasteiger partial charge in [0.2, 0.25) is 0 Å². The molecule has 2 nitrogen and oxygen atoms in total. The Hall–Kier alpha value is -1.45. The molecule has 96 valence electrons. The Balaban J connectivity index is 1.77. The van der Waals surface area contributed by atoms with Crippen molar-refractivity contribution in [3.63, 3.8) is 0 Å². The minimum absolute atomic E-state index is 0.460. The zero-order chi connectivity index (χ0) is 13.2. The molecule has 1 aromatic heterocycles. The van der Waals surface area contributed by atoms with Gasteiger partial charge in [0.05, 0.1) is 0 Å². The third kappa shape index (κ3) is 2.77. The number of hydrogen-bond donors (Lipinski definition) is 1. The van der Waals surface area contributed by atoms with Crippen molar-refractivity contribution in [3.8, 4) is 5.75 Å². The first kappa shape index (κ1) is 12.6. The van der Waals surface area contributed by atoms with Crippen LogP contribution in [0.3, 0.4) is 0 Å². The van der Waals surface area contributed by atoms with Crippen molar-refractivity contribution >= 4 is 38.4 Å². The molecule has 1 N–H and O–H groups in total. The standard InChI is InChI=1S/C15H11BrClNO/c16-12-2-1-11(14(17)8-12)9-19-13-3-4-15-10(7-13)5-6-18-15/h1-8,18H,9H2. The largest absolute Gasteiger partial charge is 0.489 e. The van der Waals surface area contributed by atoms with E-state index in [1.54, 1.807) is 0 Å². The van der Waals surface area contributed by atoms with Crippen LogP contribution in [0.1, 0.15) is 5.56 Å². The summed E-state index contributed by atoms with van der Waals surface area (Å²) < 4.78 is 6.74. The lowest BCUT2D eigenvalue weighted by atomic mass is 10.2. The number of aromatic nitrogens is 1. The van der Waals surface area contributed by atoms with Crippen molar-refractivity contribution in [2.24, 2.45) is 0 Å². The van der Waals surface area contributed by atoms with Gasteiger partial charge in [0, 0.05) is 32.2 Å². The Morgan fingerprint density at radius 2 is 2.00 bits per heavy atom. The lowest BCUT2D eigenvalue weighted by molar-refractivity contribution is 0.306. The quantitative estimate of drug-likeness (QED) is 0.702. The van der Waals surface area contributed by atoms with E-state index in [4.69, 9.17) is 16.3 Å². The van der Waals surface area contributed by atoms with Crippen LogP contribution in [0, 0.1) is 0 Å². The summed E-state index contributed by atoms with van der Waals surface area (Å²) in [7, 11) is 0. The van der Waals surface area contributed by atoms with Gasteiger partial charge in [-0.05, 0) is 36.4 Å². The fourth-order valence-corrected chi connectivity index (χ4v) is 2.65. The molecule has 0 saturated carbocycles. The fraction of sp³-hybridized carbons (Fsp3) is 0.0667. The summed E-state index contributed by atoms with van der Waals surface area (Å²) in [4.78, 5) is 3.15. The predicted molar refractivity (Wildman–Crippen MR) is 81.8 cm³/mol. The van der Waals surface area contributed by atoms with Crippen molar-refractivity contribution in [2.45, 2.75) is 6.61 Å². The molecule has 3 aromatic rings. The van der Waals surface area contributed by atoms with Crippen molar-refractivity contribution in [1.82, 2.24) is 4.98 Å². The highest BCUT2D eigenvalue weighted by Crippen LogP contribution is 2.24. The minimum atomic E-state index is 0.460. The number of ether oxygens (including phenoxy) is 1. The Bertz CT molecular complexity index is 723. The van der Waals surface area contributed by atoms with Crippen LogP contribution in [-0.4, -0.2) is 4.98 Å². The van der Waals surface area contributed by atoms with E-state index in [-0.39, 0.29) is 0 Å². The molecule has 0 radical (unpaired) electrons. The van der Waals surface area contributed by atoms with E-state index in [0.717, 1.165) is 26.7 Å².